The van der Waals surface area contributed by atoms with Crippen molar-refractivity contribution in [1.82, 2.24) is 9.88 Å². The van der Waals surface area contributed by atoms with Crippen LogP contribution in [0.15, 0.2) is 42.5 Å². The maximum absolute atomic E-state index is 13.3. The molecule has 6 nitrogen and oxygen atoms in total. The van der Waals surface area contributed by atoms with Crippen molar-refractivity contribution in [3.05, 3.63) is 59.7 Å². The predicted molar refractivity (Wildman–Crippen MR) is 102 cm³/mol. The number of benzene rings is 1. The van der Waals surface area contributed by atoms with Crippen LogP contribution in [0.2, 0.25) is 0 Å². The minimum atomic E-state index is -0.625. The Morgan fingerprint density at radius 1 is 1.18 bits per heavy atom. The summed E-state index contributed by atoms with van der Waals surface area (Å²) < 4.78 is 19.2. The second-order valence-electron chi connectivity index (χ2n) is 7.42. The molecule has 0 saturated carbocycles. The highest BCUT2D eigenvalue weighted by molar-refractivity contribution is 5.95. The van der Waals surface area contributed by atoms with Crippen LogP contribution in [-0.2, 0) is 9.53 Å². The van der Waals surface area contributed by atoms with Gasteiger partial charge < -0.3 is 14.5 Å². The van der Waals surface area contributed by atoms with E-state index in [1.54, 1.807) is 28.0 Å². The van der Waals surface area contributed by atoms with Crippen molar-refractivity contribution < 1.29 is 18.7 Å². The third-order valence-corrected chi connectivity index (χ3v) is 5.32. The molecule has 0 aliphatic carbocycles. The largest absolute Gasteiger partial charge is 0.361 e. The first kappa shape index (κ1) is 18.6. The second kappa shape index (κ2) is 7.31. The zero-order chi connectivity index (χ0) is 19.7. The molecule has 1 atom stereocenters. The fourth-order valence-corrected chi connectivity index (χ4v) is 3.91. The van der Waals surface area contributed by atoms with Crippen LogP contribution in [0.5, 0.6) is 0 Å². The number of pyridine rings is 1. The molecule has 146 valence electrons. The summed E-state index contributed by atoms with van der Waals surface area (Å²) in [7, 11) is 0. The zero-order valence-corrected chi connectivity index (χ0v) is 15.7. The van der Waals surface area contributed by atoms with Crippen molar-refractivity contribution in [1.29, 1.82) is 0 Å². The van der Waals surface area contributed by atoms with Crippen molar-refractivity contribution >= 4 is 17.5 Å². The van der Waals surface area contributed by atoms with E-state index in [1.165, 1.54) is 12.1 Å². The molecule has 2 amide bonds. The van der Waals surface area contributed by atoms with Gasteiger partial charge >= 0.3 is 0 Å². The highest BCUT2D eigenvalue weighted by Crippen LogP contribution is 2.32. The number of morpholine rings is 1. The molecule has 3 heterocycles. The van der Waals surface area contributed by atoms with E-state index in [4.69, 9.17) is 4.74 Å². The van der Waals surface area contributed by atoms with Crippen molar-refractivity contribution in [3.8, 4) is 0 Å². The van der Waals surface area contributed by atoms with Crippen molar-refractivity contribution in [2.45, 2.75) is 25.4 Å². The summed E-state index contributed by atoms with van der Waals surface area (Å²) in [4.78, 5) is 33.0. The molecule has 2 aromatic rings. The van der Waals surface area contributed by atoms with Gasteiger partial charge in [-0.15, -0.1) is 0 Å². The molecule has 28 heavy (non-hydrogen) atoms. The number of ether oxygens (including phenoxy) is 1. The summed E-state index contributed by atoms with van der Waals surface area (Å²) in [5.41, 5.74) is 1.22. The molecule has 1 aromatic heterocycles. The number of halogens is 1. The zero-order valence-electron chi connectivity index (χ0n) is 15.7. The molecular weight excluding hydrogens is 361 g/mol. The van der Waals surface area contributed by atoms with Gasteiger partial charge in [0.1, 0.15) is 23.7 Å². The summed E-state index contributed by atoms with van der Waals surface area (Å²) in [5.74, 6) is -0.642. The molecule has 2 aliphatic rings. The number of hydrogen-bond acceptors (Lipinski definition) is 4. The third kappa shape index (κ3) is 3.62. The maximum Gasteiger partial charge on any atom is 0.272 e. The molecule has 2 fully saturated rings. The summed E-state index contributed by atoms with van der Waals surface area (Å²) >= 11 is 0. The molecule has 4 rings (SSSR count). The predicted octanol–water partition coefficient (Wildman–Crippen LogP) is 2.57. The van der Waals surface area contributed by atoms with Crippen molar-refractivity contribution in [2.75, 3.05) is 31.1 Å². The standard InChI is InChI=1S/C21H22FN3O3/c1-15-4-2-5-18(23-15)20(27)24-11-3-10-21(13-24)14-25(19(26)12-28-21)17-8-6-16(22)7-9-17/h2,4-9H,3,10-14H2,1H3. The van der Waals surface area contributed by atoms with Gasteiger partial charge in [-0.05, 0) is 56.2 Å². The molecule has 7 heteroatoms. The van der Waals surface area contributed by atoms with Crippen molar-refractivity contribution in [3.63, 3.8) is 0 Å². The Kier molecular flexibility index (Phi) is 4.85. The Balaban J connectivity index is 1.54. The van der Waals surface area contributed by atoms with Crippen LogP contribution < -0.4 is 4.90 Å². The summed E-state index contributed by atoms with van der Waals surface area (Å²) in [5, 5.41) is 0. The van der Waals surface area contributed by atoms with E-state index < -0.39 is 5.60 Å². The van der Waals surface area contributed by atoms with Gasteiger partial charge in [0.2, 0.25) is 0 Å². The lowest BCUT2D eigenvalue weighted by Gasteiger charge is -2.47. The molecule has 2 aliphatic heterocycles. The summed E-state index contributed by atoms with van der Waals surface area (Å²) in [6.07, 6.45) is 1.53. The van der Waals surface area contributed by atoms with E-state index >= 15 is 0 Å². The van der Waals surface area contributed by atoms with E-state index in [9.17, 15) is 14.0 Å². The van der Waals surface area contributed by atoms with Crippen LogP contribution in [0.3, 0.4) is 0 Å². The topological polar surface area (TPSA) is 62.7 Å². The number of nitrogens with zero attached hydrogens (tertiary/aromatic N) is 3. The Morgan fingerprint density at radius 3 is 2.71 bits per heavy atom. The van der Waals surface area contributed by atoms with Crippen LogP contribution in [0.4, 0.5) is 10.1 Å². The van der Waals surface area contributed by atoms with Crippen LogP contribution in [-0.4, -0.2) is 53.5 Å². The van der Waals surface area contributed by atoms with Crippen LogP contribution in [0, 0.1) is 12.7 Å². The average Bonchev–Trinajstić information content (AvgIpc) is 2.70. The Morgan fingerprint density at radius 2 is 1.96 bits per heavy atom. The SMILES string of the molecule is Cc1cccc(C(=O)N2CCCC3(C2)CN(c2ccc(F)cc2)C(=O)CO3)n1. The van der Waals surface area contributed by atoms with E-state index in [1.807, 2.05) is 19.1 Å². The Hall–Kier alpha value is -2.80. The molecular formula is C21H22FN3O3. The highest BCUT2D eigenvalue weighted by atomic mass is 19.1. The molecule has 0 N–H and O–H groups in total. The number of anilines is 1. The molecule has 1 spiro atoms. The lowest BCUT2D eigenvalue weighted by Crippen LogP contribution is -2.62. The van der Waals surface area contributed by atoms with Crippen LogP contribution in [0.1, 0.15) is 29.0 Å². The summed E-state index contributed by atoms with van der Waals surface area (Å²) in [6.45, 7) is 3.16. The van der Waals surface area contributed by atoms with Crippen molar-refractivity contribution in [2.24, 2.45) is 0 Å². The van der Waals surface area contributed by atoms with E-state index in [2.05, 4.69) is 4.98 Å². The van der Waals surface area contributed by atoms with Gasteiger partial charge in [0.15, 0.2) is 0 Å². The maximum atomic E-state index is 13.3. The number of aromatic nitrogens is 1. The lowest BCUT2D eigenvalue weighted by molar-refractivity contribution is -0.144. The average molecular weight is 383 g/mol. The fraction of sp³-hybridized carbons (Fsp3) is 0.381. The first-order valence-corrected chi connectivity index (χ1v) is 9.39. The number of rotatable bonds is 2. The van der Waals surface area contributed by atoms with Crippen LogP contribution in [0.25, 0.3) is 0 Å². The van der Waals surface area contributed by atoms with Gasteiger partial charge in [-0.3, -0.25) is 9.59 Å². The first-order valence-electron chi connectivity index (χ1n) is 9.39. The summed E-state index contributed by atoms with van der Waals surface area (Å²) in [6, 6.07) is 11.2. The number of hydrogen-bond donors (Lipinski definition) is 0. The van der Waals surface area contributed by atoms with E-state index in [0.29, 0.717) is 31.0 Å². The molecule has 1 aromatic carbocycles. The lowest BCUT2D eigenvalue weighted by atomic mass is 9.90. The van der Waals surface area contributed by atoms with E-state index in [0.717, 1.165) is 18.5 Å². The fourth-order valence-electron chi connectivity index (χ4n) is 3.91. The Bertz CT molecular complexity index is 902. The second-order valence-corrected chi connectivity index (χ2v) is 7.42. The molecule has 1 unspecified atom stereocenters. The molecule has 0 bridgehead atoms. The number of piperidine rings is 1. The smallest absolute Gasteiger partial charge is 0.272 e. The molecule has 0 radical (unpaired) electrons. The normalized spacial score (nSPS) is 22.6. The van der Waals surface area contributed by atoms with Gasteiger partial charge in [-0.2, -0.15) is 0 Å². The Labute approximate surface area is 162 Å². The number of likely N-dealkylation sites (tertiary alicyclic amines) is 1. The monoisotopic (exact) mass is 383 g/mol. The minimum absolute atomic E-state index is 0.0535. The third-order valence-electron chi connectivity index (χ3n) is 5.32. The van der Waals surface area contributed by atoms with Gasteiger partial charge in [-0.1, -0.05) is 6.07 Å². The van der Waals surface area contributed by atoms with Gasteiger partial charge in [0.25, 0.3) is 11.8 Å². The number of carbonyl (C=O) groups excluding carboxylic acids is 2. The van der Waals surface area contributed by atoms with Gasteiger partial charge in [0.05, 0.1) is 13.1 Å². The van der Waals surface area contributed by atoms with Gasteiger partial charge in [-0.25, -0.2) is 9.37 Å². The van der Waals surface area contributed by atoms with E-state index in [-0.39, 0.29) is 24.2 Å². The first-order chi connectivity index (χ1) is 13.5. The quantitative estimate of drug-likeness (QED) is 0.800. The number of amides is 2. The minimum Gasteiger partial charge on any atom is -0.361 e. The number of aryl methyl sites for hydroxylation is 1. The highest BCUT2D eigenvalue weighted by Gasteiger charge is 2.44. The van der Waals surface area contributed by atoms with Crippen LogP contribution >= 0.6 is 0 Å². The molecule has 2 saturated heterocycles. The van der Waals surface area contributed by atoms with Gasteiger partial charge in [0, 0.05) is 17.9 Å². The number of carbonyl (C=O) groups is 2.